The molecule has 1 aliphatic carbocycles. The number of benzene rings is 1. The van der Waals surface area contributed by atoms with E-state index in [0.717, 1.165) is 11.6 Å². The van der Waals surface area contributed by atoms with Crippen LogP contribution in [0.4, 0.5) is 0 Å². The number of epoxide rings is 1. The number of allylic oxidation sites excluding steroid dienone is 1. The predicted molar refractivity (Wildman–Crippen MR) is 128 cm³/mol. The van der Waals surface area contributed by atoms with Gasteiger partial charge in [-0.3, -0.25) is 9.59 Å². The van der Waals surface area contributed by atoms with E-state index in [1.165, 1.54) is 13.0 Å². The molecule has 0 bridgehead atoms. The standard InChI is InChI=1S/C28H33NO6/c1-16-9-8-12-19-24-27(4,35-24)17(2)22-20(15-18-10-6-5-7-11-18)29-25(32)28(19,22)34-21(30)13-14-26(3,33)23(16)31/h5-8,10-14,16-17,19-20,22,24,33H,9,15H2,1-4H3,(H,29,32)/t16-,17-,19-,20-,22-,24-,26+,27+,28-/m0/s1. The number of nitrogens with one attached hydrogen (secondary N) is 1. The number of hydrogen-bond donors (Lipinski definition) is 2. The SMILES string of the molecule is C[C@H]1CC=C[C@H]2[C@@H]3O[C@]3(C)[C@@H](C)[C@H]3[C@H](Cc4ccccc4)NC(=O)[C@@]32OC(=O)C=C[C@@](C)(O)C1=O. The van der Waals surface area contributed by atoms with Gasteiger partial charge >= 0.3 is 5.97 Å². The number of aliphatic hydroxyl groups is 1. The minimum Gasteiger partial charge on any atom is -0.445 e. The van der Waals surface area contributed by atoms with Crippen LogP contribution in [0.15, 0.2) is 54.6 Å². The van der Waals surface area contributed by atoms with Crippen LogP contribution in [0, 0.1) is 23.7 Å². The number of carbonyl (C=O) groups is 3. The monoisotopic (exact) mass is 479 g/mol. The van der Waals surface area contributed by atoms with Gasteiger partial charge in [-0.1, -0.05) is 56.3 Å². The van der Waals surface area contributed by atoms with Crippen molar-refractivity contribution < 1.29 is 29.0 Å². The molecule has 0 radical (unpaired) electrons. The number of Topliss-reactive ketones (excluding diaryl/α,β-unsaturated/α-hetero) is 1. The number of ether oxygens (including phenoxy) is 2. The molecule has 7 heteroatoms. The number of rotatable bonds is 2. The van der Waals surface area contributed by atoms with E-state index in [9.17, 15) is 19.5 Å². The van der Waals surface area contributed by atoms with Crippen LogP contribution in [-0.4, -0.2) is 51.7 Å². The van der Waals surface area contributed by atoms with Gasteiger partial charge in [-0.15, -0.1) is 0 Å². The van der Waals surface area contributed by atoms with Gasteiger partial charge in [0.2, 0.25) is 5.60 Å². The largest absolute Gasteiger partial charge is 0.445 e. The van der Waals surface area contributed by atoms with Gasteiger partial charge in [-0.05, 0) is 44.2 Å². The van der Waals surface area contributed by atoms with Crippen LogP contribution in [0.2, 0.25) is 0 Å². The van der Waals surface area contributed by atoms with Gasteiger partial charge in [-0.25, -0.2) is 4.79 Å². The number of amides is 1. The average Bonchev–Trinajstić information content (AvgIpc) is 3.44. The summed E-state index contributed by atoms with van der Waals surface area (Å²) in [5.41, 5.74) is -2.61. The molecule has 0 aromatic heterocycles. The topological polar surface area (TPSA) is 105 Å². The molecule has 9 atom stereocenters. The summed E-state index contributed by atoms with van der Waals surface area (Å²) in [5, 5.41) is 13.8. The molecule has 1 aromatic rings. The maximum absolute atomic E-state index is 13.8. The highest BCUT2D eigenvalue weighted by Crippen LogP contribution is 2.63. The zero-order valence-corrected chi connectivity index (χ0v) is 20.6. The molecule has 35 heavy (non-hydrogen) atoms. The predicted octanol–water partition coefficient (Wildman–Crippen LogP) is 2.52. The maximum Gasteiger partial charge on any atom is 0.331 e. The van der Waals surface area contributed by atoms with E-state index in [-0.39, 0.29) is 35.7 Å². The van der Waals surface area contributed by atoms with E-state index >= 15 is 0 Å². The van der Waals surface area contributed by atoms with Crippen LogP contribution in [-0.2, 0) is 30.3 Å². The van der Waals surface area contributed by atoms with Crippen LogP contribution >= 0.6 is 0 Å². The molecule has 1 saturated carbocycles. The molecule has 1 aromatic carbocycles. The van der Waals surface area contributed by atoms with E-state index in [0.29, 0.717) is 12.8 Å². The summed E-state index contributed by atoms with van der Waals surface area (Å²) in [6.07, 6.45) is 6.70. The highest BCUT2D eigenvalue weighted by atomic mass is 16.6. The molecule has 186 valence electrons. The van der Waals surface area contributed by atoms with Gasteiger partial charge in [0.05, 0.1) is 17.6 Å². The van der Waals surface area contributed by atoms with Crippen LogP contribution in [0.3, 0.4) is 0 Å². The number of esters is 1. The van der Waals surface area contributed by atoms with Gasteiger partial charge < -0.3 is 19.9 Å². The zero-order valence-electron chi connectivity index (χ0n) is 20.6. The molecular formula is C28H33NO6. The van der Waals surface area contributed by atoms with Gasteiger partial charge in [-0.2, -0.15) is 0 Å². The summed E-state index contributed by atoms with van der Waals surface area (Å²) >= 11 is 0. The van der Waals surface area contributed by atoms with E-state index < -0.39 is 34.6 Å². The smallest absolute Gasteiger partial charge is 0.331 e. The van der Waals surface area contributed by atoms with E-state index in [4.69, 9.17) is 9.47 Å². The molecule has 4 aliphatic rings. The Morgan fingerprint density at radius 1 is 1.11 bits per heavy atom. The molecule has 7 nitrogen and oxygen atoms in total. The summed E-state index contributed by atoms with van der Waals surface area (Å²) in [5.74, 6) is -2.81. The van der Waals surface area contributed by atoms with Crippen molar-refractivity contribution in [2.45, 2.75) is 69.5 Å². The molecule has 3 heterocycles. The maximum atomic E-state index is 13.8. The molecule has 2 N–H and O–H groups in total. The third-order valence-electron chi connectivity index (χ3n) is 8.64. The van der Waals surface area contributed by atoms with Crippen molar-refractivity contribution in [2.24, 2.45) is 23.7 Å². The minimum atomic E-state index is -1.81. The fourth-order valence-electron chi connectivity index (χ4n) is 6.55. The quantitative estimate of drug-likeness (QED) is 0.384. The minimum absolute atomic E-state index is 0.0573. The lowest BCUT2D eigenvalue weighted by Crippen LogP contribution is -2.61. The summed E-state index contributed by atoms with van der Waals surface area (Å²) < 4.78 is 12.3. The molecule has 1 spiro atoms. The van der Waals surface area contributed by atoms with Gasteiger partial charge in [0, 0.05) is 24.0 Å². The van der Waals surface area contributed by atoms with Gasteiger partial charge in [0.25, 0.3) is 5.91 Å². The Bertz CT molecular complexity index is 1110. The van der Waals surface area contributed by atoms with Crippen molar-refractivity contribution in [3.63, 3.8) is 0 Å². The third-order valence-corrected chi connectivity index (χ3v) is 8.64. The normalized spacial score (nSPS) is 44.8. The molecular weight excluding hydrogens is 446 g/mol. The van der Waals surface area contributed by atoms with Crippen LogP contribution < -0.4 is 5.32 Å². The number of carbonyl (C=O) groups excluding carboxylic acids is 3. The molecule has 3 fully saturated rings. The van der Waals surface area contributed by atoms with Crippen molar-refractivity contribution in [1.82, 2.24) is 5.32 Å². The lowest BCUT2D eigenvalue weighted by Gasteiger charge is -2.45. The summed E-state index contributed by atoms with van der Waals surface area (Å²) in [6, 6.07) is 9.69. The highest BCUT2D eigenvalue weighted by molar-refractivity contribution is 5.96. The Hall–Kier alpha value is -2.77. The van der Waals surface area contributed by atoms with Crippen LogP contribution in [0.1, 0.15) is 39.7 Å². The second-order valence-electron chi connectivity index (χ2n) is 11.0. The van der Waals surface area contributed by atoms with Gasteiger partial charge in [0.15, 0.2) is 5.78 Å². The molecule has 2 saturated heterocycles. The van der Waals surface area contributed by atoms with Gasteiger partial charge in [0.1, 0.15) is 5.60 Å². The van der Waals surface area contributed by atoms with Crippen molar-refractivity contribution in [1.29, 1.82) is 0 Å². The Morgan fingerprint density at radius 2 is 1.83 bits per heavy atom. The first-order chi connectivity index (χ1) is 16.5. The highest BCUT2D eigenvalue weighted by Gasteiger charge is 2.78. The Morgan fingerprint density at radius 3 is 2.54 bits per heavy atom. The first kappa shape index (κ1) is 23.9. The van der Waals surface area contributed by atoms with E-state index in [2.05, 4.69) is 19.2 Å². The fourth-order valence-corrected chi connectivity index (χ4v) is 6.55. The second kappa shape index (κ2) is 8.14. The lowest BCUT2D eigenvalue weighted by molar-refractivity contribution is -0.177. The van der Waals surface area contributed by atoms with Crippen molar-refractivity contribution >= 4 is 17.7 Å². The zero-order chi connectivity index (χ0) is 25.2. The third kappa shape index (κ3) is 3.67. The van der Waals surface area contributed by atoms with Crippen molar-refractivity contribution in [3.8, 4) is 0 Å². The number of hydrogen-bond acceptors (Lipinski definition) is 6. The number of fused-ring (bicyclic) bond motifs is 2. The summed E-state index contributed by atoms with van der Waals surface area (Å²) in [6.45, 7) is 7.23. The lowest BCUT2D eigenvalue weighted by atomic mass is 9.59. The molecule has 1 amide bonds. The number of ketones is 1. The first-order valence-corrected chi connectivity index (χ1v) is 12.4. The molecule has 5 rings (SSSR count). The second-order valence-corrected chi connectivity index (χ2v) is 11.0. The summed E-state index contributed by atoms with van der Waals surface area (Å²) in [7, 11) is 0. The first-order valence-electron chi connectivity index (χ1n) is 12.4. The average molecular weight is 480 g/mol. The van der Waals surface area contributed by atoms with E-state index in [1.807, 2.05) is 42.5 Å². The fraction of sp³-hybridized carbons (Fsp3) is 0.536. The Kier molecular flexibility index (Phi) is 5.57. The van der Waals surface area contributed by atoms with E-state index in [1.54, 1.807) is 6.92 Å². The van der Waals surface area contributed by atoms with Crippen molar-refractivity contribution in [2.75, 3.05) is 0 Å². The summed E-state index contributed by atoms with van der Waals surface area (Å²) in [4.78, 5) is 39.6. The van der Waals surface area contributed by atoms with Crippen LogP contribution in [0.5, 0.6) is 0 Å². The molecule has 0 unspecified atom stereocenters. The van der Waals surface area contributed by atoms with Crippen LogP contribution in [0.25, 0.3) is 0 Å². The Labute approximate surface area is 205 Å². The molecule has 3 aliphatic heterocycles. The Balaban J connectivity index is 1.60. The van der Waals surface area contributed by atoms with Crippen molar-refractivity contribution in [3.05, 3.63) is 60.2 Å².